The Morgan fingerprint density at radius 1 is 1.24 bits per heavy atom. The molecule has 1 aromatic heterocycles. The van der Waals surface area contributed by atoms with Crippen molar-refractivity contribution in [2.24, 2.45) is 5.73 Å². The third kappa shape index (κ3) is 2.88. The molecule has 3 heteroatoms. The Bertz CT molecular complexity index is 494. The number of hydrogen-bond donors (Lipinski definition) is 1. The fourth-order valence-corrected chi connectivity index (χ4v) is 1.75. The second-order valence-electron chi connectivity index (χ2n) is 4.17. The van der Waals surface area contributed by atoms with Gasteiger partial charge in [-0.1, -0.05) is 29.8 Å². The fourth-order valence-electron chi connectivity index (χ4n) is 1.75. The maximum absolute atomic E-state index is 13.5. The summed E-state index contributed by atoms with van der Waals surface area (Å²) in [5.41, 5.74) is 8.58. The molecule has 88 valence electrons. The zero-order valence-electron chi connectivity index (χ0n) is 9.73. The van der Waals surface area contributed by atoms with Crippen LogP contribution in [-0.2, 0) is 6.42 Å². The highest BCUT2D eigenvalue weighted by Crippen LogP contribution is 2.16. The molecule has 0 radical (unpaired) electrons. The van der Waals surface area contributed by atoms with Gasteiger partial charge in [-0.15, -0.1) is 0 Å². The summed E-state index contributed by atoms with van der Waals surface area (Å²) in [5, 5.41) is 0. The molecule has 2 rings (SSSR count). The van der Waals surface area contributed by atoms with Gasteiger partial charge in [-0.3, -0.25) is 4.98 Å². The van der Waals surface area contributed by atoms with Crippen molar-refractivity contribution in [1.82, 2.24) is 4.98 Å². The van der Waals surface area contributed by atoms with Crippen molar-refractivity contribution in [3.05, 3.63) is 65.2 Å². The quantitative estimate of drug-likeness (QED) is 0.880. The molecule has 2 nitrogen and oxygen atoms in total. The summed E-state index contributed by atoms with van der Waals surface area (Å²) in [4.78, 5) is 3.99. The van der Waals surface area contributed by atoms with Gasteiger partial charge in [0.2, 0.25) is 0 Å². The Kier molecular flexibility index (Phi) is 3.49. The molecule has 1 unspecified atom stereocenters. The van der Waals surface area contributed by atoms with Crippen LogP contribution in [0, 0.1) is 12.7 Å². The largest absolute Gasteiger partial charge is 0.322 e. The first-order valence-electron chi connectivity index (χ1n) is 5.58. The first-order chi connectivity index (χ1) is 8.16. The first-order valence-corrected chi connectivity index (χ1v) is 5.58. The third-order valence-corrected chi connectivity index (χ3v) is 2.71. The summed E-state index contributed by atoms with van der Waals surface area (Å²) < 4.78 is 13.5. The molecule has 0 bridgehead atoms. The molecule has 0 aliphatic heterocycles. The normalized spacial score (nSPS) is 12.4. The van der Waals surface area contributed by atoms with Crippen molar-refractivity contribution < 1.29 is 4.39 Å². The molecular weight excluding hydrogens is 215 g/mol. The minimum absolute atomic E-state index is 0.327. The number of hydrogen-bond acceptors (Lipinski definition) is 2. The van der Waals surface area contributed by atoms with Gasteiger partial charge in [0.1, 0.15) is 5.82 Å². The average molecular weight is 230 g/mol. The number of nitrogens with zero attached hydrogens (tertiary/aromatic N) is 1. The number of pyridine rings is 1. The van der Waals surface area contributed by atoms with Crippen LogP contribution in [0.4, 0.5) is 4.39 Å². The van der Waals surface area contributed by atoms with Crippen LogP contribution in [0.15, 0.2) is 42.6 Å². The first kappa shape index (κ1) is 11.7. The van der Waals surface area contributed by atoms with Gasteiger partial charge in [0.15, 0.2) is 0 Å². The highest BCUT2D eigenvalue weighted by Gasteiger charge is 2.12. The molecule has 2 N–H and O–H groups in total. The van der Waals surface area contributed by atoms with Crippen molar-refractivity contribution in [2.45, 2.75) is 19.4 Å². The van der Waals surface area contributed by atoms with Gasteiger partial charge in [-0.05, 0) is 31.0 Å². The summed E-state index contributed by atoms with van der Waals surface area (Å²) >= 11 is 0. The van der Waals surface area contributed by atoms with E-state index >= 15 is 0 Å². The van der Waals surface area contributed by atoms with Crippen molar-refractivity contribution in [3.63, 3.8) is 0 Å². The van der Waals surface area contributed by atoms with Gasteiger partial charge in [0.05, 0.1) is 11.7 Å². The van der Waals surface area contributed by atoms with E-state index in [4.69, 9.17) is 5.73 Å². The predicted molar refractivity (Wildman–Crippen MR) is 66.0 cm³/mol. The molecule has 0 aliphatic carbocycles. The van der Waals surface area contributed by atoms with Crippen LogP contribution >= 0.6 is 0 Å². The molecule has 1 heterocycles. The minimum Gasteiger partial charge on any atom is -0.322 e. The van der Waals surface area contributed by atoms with Gasteiger partial charge in [-0.25, -0.2) is 4.39 Å². The third-order valence-electron chi connectivity index (χ3n) is 2.71. The van der Waals surface area contributed by atoms with E-state index in [9.17, 15) is 4.39 Å². The summed E-state index contributed by atoms with van der Waals surface area (Å²) in [6, 6.07) is 10.6. The van der Waals surface area contributed by atoms with Crippen LogP contribution in [0.3, 0.4) is 0 Å². The van der Waals surface area contributed by atoms with E-state index in [1.807, 2.05) is 31.2 Å². The molecule has 0 spiro atoms. The number of nitrogens with two attached hydrogens (primary N) is 1. The molecular formula is C14H15FN2. The molecule has 1 aromatic carbocycles. The molecule has 0 aliphatic rings. The van der Waals surface area contributed by atoms with E-state index in [1.165, 1.54) is 11.6 Å². The number of aromatic nitrogens is 1. The molecule has 0 amide bonds. The van der Waals surface area contributed by atoms with Gasteiger partial charge in [0.25, 0.3) is 0 Å². The minimum atomic E-state index is -0.404. The van der Waals surface area contributed by atoms with Gasteiger partial charge in [-0.2, -0.15) is 0 Å². The van der Waals surface area contributed by atoms with Crippen molar-refractivity contribution in [1.29, 1.82) is 0 Å². The maximum Gasteiger partial charge on any atom is 0.146 e. The molecule has 0 fully saturated rings. The summed E-state index contributed by atoms with van der Waals surface area (Å²) in [6.07, 6.45) is 2.15. The Morgan fingerprint density at radius 2 is 1.94 bits per heavy atom. The zero-order valence-corrected chi connectivity index (χ0v) is 9.73. The summed E-state index contributed by atoms with van der Waals surface area (Å²) in [7, 11) is 0. The fraction of sp³-hybridized carbons (Fsp3) is 0.214. The van der Waals surface area contributed by atoms with Crippen LogP contribution in [-0.4, -0.2) is 4.98 Å². The summed E-state index contributed by atoms with van der Waals surface area (Å²) in [6.45, 7) is 2.03. The van der Waals surface area contributed by atoms with Crippen LogP contribution < -0.4 is 5.73 Å². The lowest BCUT2D eigenvalue weighted by Crippen LogP contribution is -2.16. The van der Waals surface area contributed by atoms with Crippen LogP contribution in [0.2, 0.25) is 0 Å². The smallest absolute Gasteiger partial charge is 0.146 e. The van der Waals surface area contributed by atoms with Crippen LogP contribution in [0.25, 0.3) is 0 Å². The van der Waals surface area contributed by atoms with E-state index in [2.05, 4.69) is 4.98 Å². The van der Waals surface area contributed by atoms with Crippen molar-refractivity contribution >= 4 is 0 Å². The molecule has 17 heavy (non-hydrogen) atoms. The average Bonchev–Trinajstić information content (AvgIpc) is 2.32. The number of aryl methyl sites for hydroxylation is 1. The lowest BCUT2D eigenvalue weighted by Gasteiger charge is -2.11. The summed E-state index contributed by atoms with van der Waals surface area (Å²) in [5.74, 6) is -0.341. The standard InChI is InChI=1S/C14H15FN2/c1-10-4-6-11(7-5-10)9-13(16)14-12(15)3-2-8-17-14/h2-8,13H,9,16H2,1H3. The Hall–Kier alpha value is -1.74. The second kappa shape index (κ2) is 5.06. The van der Waals surface area contributed by atoms with E-state index in [0.717, 1.165) is 5.56 Å². The van der Waals surface area contributed by atoms with Crippen molar-refractivity contribution in [3.8, 4) is 0 Å². The van der Waals surface area contributed by atoms with Crippen molar-refractivity contribution in [2.75, 3.05) is 0 Å². The number of benzene rings is 1. The van der Waals surface area contributed by atoms with E-state index < -0.39 is 6.04 Å². The monoisotopic (exact) mass is 230 g/mol. The lowest BCUT2D eigenvalue weighted by molar-refractivity contribution is 0.564. The Labute approximate surface area is 100 Å². The van der Waals surface area contributed by atoms with Crippen LogP contribution in [0.1, 0.15) is 22.9 Å². The van der Waals surface area contributed by atoms with Gasteiger partial charge in [0, 0.05) is 6.20 Å². The van der Waals surface area contributed by atoms with E-state index in [0.29, 0.717) is 12.1 Å². The predicted octanol–water partition coefficient (Wildman–Crippen LogP) is 2.77. The molecule has 2 aromatic rings. The SMILES string of the molecule is Cc1ccc(CC(N)c2ncccc2F)cc1. The molecule has 0 saturated heterocycles. The highest BCUT2D eigenvalue weighted by atomic mass is 19.1. The Balaban J connectivity index is 2.14. The Morgan fingerprint density at radius 3 is 2.59 bits per heavy atom. The number of halogens is 1. The lowest BCUT2D eigenvalue weighted by atomic mass is 10.0. The van der Waals surface area contributed by atoms with Crippen LogP contribution in [0.5, 0.6) is 0 Å². The molecule has 0 saturated carbocycles. The second-order valence-corrected chi connectivity index (χ2v) is 4.17. The maximum atomic E-state index is 13.5. The molecule has 1 atom stereocenters. The highest BCUT2D eigenvalue weighted by molar-refractivity contribution is 5.23. The number of rotatable bonds is 3. The van der Waals surface area contributed by atoms with Gasteiger partial charge >= 0.3 is 0 Å². The van der Waals surface area contributed by atoms with E-state index in [1.54, 1.807) is 12.3 Å². The topological polar surface area (TPSA) is 38.9 Å². The van der Waals surface area contributed by atoms with E-state index in [-0.39, 0.29) is 5.82 Å². The van der Waals surface area contributed by atoms with Gasteiger partial charge < -0.3 is 5.73 Å². The zero-order chi connectivity index (χ0) is 12.3.